The third kappa shape index (κ3) is 29.1. The molecule has 1 amide bonds. The Morgan fingerprint density at radius 2 is 0.831 bits per heavy atom. The Labute approximate surface area is 494 Å². The highest BCUT2D eigenvalue weighted by Crippen LogP contribution is 2.33. The summed E-state index contributed by atoms with van der Waals surface area (Å²) >= 11 is 0. The zero-order chi connectivity index (χ0) is 60.5. The van der Waals surface area contributed by atoms with Crippen LogP contribution in [0.1, 0.15) is 155 Å². The molecular weight excluding hydrogens is 1070 g/mol. The highest BCUT2D eigenvalue weighted by atomic mass is 16.8. The van der Waals surface area contributed by atoms with Crippen molar-refractivity contribution in [2.75, 3.05) is 26.4 Å². The third-order valence-corrected chi connectivity index (χ3v) is 14.6. The second kappa shape index (κ2) is 45.7. The number of unbranched alkanes of at least 4 members (excludes halogenated alkanes) is 11. The molecule has 83 heavy (non-hydrogen) atoms. The predicted molar refractivity (Wildman–Crippen MR) is 318 cm³/mol. The van der Waals surface area contributed by atoms with Crippen molar-refractivity contribution in [3.05, 3.63) is 109 Å². The van der Waals surface area contributed by atoms with Crippen molar-refractivity contribution >= 4 is 5.91 Å². The number of ether oxygens (including phenoxy) is 6. The van der Waals surface area contributed by atoms with Gasteiger partial charge in [-0.3, -0.25) is 4.79 Å². The second-order valence-electron chi connectivity index (χ2n) is 21.4. The minimum absolute atomic E-state index is 0.217. The third-order valence-electron chi connectivity index (χ3n) is 14.6. The van der Waals surface area contributed by atoms with Crippen LogP contribution in [0, 0.1) is 0 Å². The minimum atomic E-state index is -1.98. The van der Waals surface area contributed by atoms with Crippen molar-refractivity contribution in [3.63, 3.8) is 0 Å². The van der Waals surface area contributed by atoms with E-state index in [1.54, 1.807) is 6.08 Å². The fourth-order valence-electron chi connectivity index (χ4n) is 9.56. The van der Waals surface area contributed by atoms with Crippen LogP contribution in [0.15, 0.2) is 109 Å². The number of aliphatic hydroxyl groups is 11. The molecule has 0 aromatic heterocycles. The Bertz CT molecular complexity index is 1930. The molecule has 17 unspecified atom stereocenters. The van der Waals surface area contributed by atoms with Crippen molar-refractivity contribution in [3.8, 4) is 0 Å². The number of rotatable bonds is 43. The first kappa shape index (κ1) is 73.7. The van der Waals surface area contributed by atoms with Crippen molar-refractivity contribution in [2.45, 2.75) is 259 Å². The quantitative estimate of drug-likeness (QED) is 0.0249. The molecule has 3 rings (SSSR count). The normalized spacial score (nSPS) is 30.2. The number of nitrogens with one attached hydrogen (secondary N) is 1. The zero-order valence-electron chi connectivity index (χ0n) is 49.4. The molecule has 3 aliphatic rings. The van der Waals surface area contributed by atoms with Crippen LogP contribution in [-0.2, 0) is 33.2 Å². The standard InChI is InChI=1S/C64H105NO18/c1-3-5-7-9-11-12-13-14-15-16-17-18-19-20-21-22-23-24-25-26-27-28-29-30-31-32-33-34-36-38-40-42-52(70)65-47(48(69)41-39-37-35-10-8-6-4-2)46-78-62-58(76)55(73)60(50(44-67)80-62)83-64-59(77)56(74)61(51(45-68)81-64)82-63-57(75)54(72)53(71)49(43-66)79-63/h5,7,11-12,14-15,17-18,20-21,23-24,26-27,29-30,39,41,47-51,53-64,66-69,71-77H,3-4,6,8-10,13,16,19,22,25,28,31-38,40,42-46H2,1-2H3,(H,65,70)/b7-5-,12-11-,15-14-,18-17-,21-20-,24-23-,27-26-,30-29-,41-39+. The molecular formula is C64H105NO18. The summed E-state index contributed by atoms with van der Waals surface area (Å²) in [6.07, 6.45) is 32.6. The molecule has 3 aliphatic heterocycles. The van der Waals surface area contributed by atoms with Crippen LogP contribution in [0.25, 0.3) is 0 Å². The maximum Gasteiger partial charge on any atom is 0.220 e. The average Bonchev–Trinajstić information content (AvgIpc) is 3.69. The van der Waals surface area contributed by atoms with E-state index in [9.17, 15) is 61.0 Å². The average molecular weight is 1180 g/mol. The van der Waals surface area contributed by atoms with Crippen LogP contribution >= 0.6 is 0 Å². The predicted octanol–water partition coefficient (Wildman–Crippen LogP) is 5.92. The van der Waals surface area contributed by atoms with Crippen LogP contribution < -0.4 is 5.32 Å². The van der Waals surface area contributed by atoms with Gasteiger partial charge in [-0.2, -0.15) is 0 Å². The zero-order valence-corrected chi connectivity index (χ0v) is 49.4. The number of allylic oxidation sites excluding steroid dienone is 17. The molecule has 19 nitrogen and oxygen atoms in total. The van der Waals surface area contributed by atoms with E-state index in [-0.39, 0.29) is 18.9 Å². The van der Waals surface area contributed by atoms with E-state index in [1.807, 2.05) is 6.08 Å². The van der Waals surface area contributed by atoms with Crippen LogP contribution in [0.3, 0.4) is 0 Å². The Morgan fingerprint density at radius 1 is 0.446 bits per heavy atom. The first-order chi connectivity index (χ1) is 40.3. The summed E-state index contributed by atoms with van der Waals surface area (Å²) in [5.41, 5.74) is 0. The highest BCUT2D eigenvalue weighted by molar-refractivity contribution is 5.76. The molecule has 12 N–H and O–H groups in total. The molecule has 3 fully saturated rings. The molecule has 0 aromatic carbocycles. The van der Waals surface area contributed by atoms with Gasteiger partial charge in [0, 0.05) is 6.42 Å². The minimum Gasteiger partial charge on any atom is -0.394 e. The smallest absolute Gasteiger partial charge is 0.220 e. The van der Waals surface area contributed by atoms with Gasteiger partial charge in [0.15, 0.2) is 18.9 Å². The maximum atomic E-state index is 13.3. The molecule has 17 atom stereocenters. The van der Waals surface area contributed by atoms with E-state index in [0.717, 1.165) is 128 Å². The topological polar surface area (TPSA) is 307 Å². The van der Waals surface area contributed by atoms with Crippen LogP contribution in [0.4, 0.5) is 0 Å². The van der Waals surface area contributed by atoms with Crippen LogP contribution in [-0.4, -0.2) is 193 Å². The van der Waals surface area contributed by atoms with Gasteiger partial charge in [-0.15, -0.1) is 0 Å². The molecule has 0 saturated carbocycles. The molecule has 0 radical (unpaired) electrons. The van der Waals surface area contributed by atoms with Crippen molar-refractivity contribution < 1.29 is 89.4 Å². The van der Waals surface area contributed by atoms with Crippen molar-refractivity contribution in [1.82, 2.24) is 5.32 Å². The van der Waals surface area contributed by atoms with E-state index < -0.39 is 124 Å². The molecule has 0 spiro atoms. The molecule has 3 heterocycles. The fourth-order valence-corrected chi connectivity index (χ4v) is 9.56. The summed E-state index contributed by atoms with van der Waals surface area (Å²) in [6, 6.07) is -0.986. The molecule has 3 saturated heterocycles. The molecule has 0 aromatic rings. The number of aliphatic hydroxyl groups excluding tert-OH is 11. The molecule has 0 aliphatic carbocycles. The van der Waals surface area contributed by atoms with Gasteiger partial charge >= 0.3 is 0 Å². The first-order valence-corrected chi connectivity index (χ1v) is 30.6. The SMILES string of the molecule is CC/C=C\C/C=C\C/C=C\C/C=C\C/C=C\C/C=C\C/C=C\C/C=C\CCCCCCCCC(=O)NC(COC1OC(CO)C(OC2OC(CO)C(OC3OC(CO)C(O)C(O)C3O)C(O)C2O)C(O)C1O)C(O)/C=C/CCCCCCC. The number of carbonyl (C=O) groups is 1. The Kier molecular flexibility index (Phi) is 40.6. The summed E-state index contributed by atoms with van der Waals surface area (Å²) in [5, 5.41) is 120. The highest BCUT2D eigenvalue weighted by Gasteiger charge is 2.53. The fraction of sp³-hybridized carbons (Fsp3) is 0.703. The van der Waals surface area contributed by atoms with Crippen LogP contribution in [0.5, 0.6) is 0 Å². The van der Waals surface area contributed by atoms with E-state index in [2.05, 4.69) is 116 Å². The van der Waals surface area contributed by atoms with E-state index in [0.29, 0.717) is 6.42 Å². The van der Waals surface area contributed by atoms with Gasteiger partial charge in [0.25, 0.3) is 0 Å². The maximum absolute atomic E-state index is 13.3. The molecule has 474 valence electrons. The second-order valence-corrected chi connectivity index (χ2v) is 21.4. The van der Waals surface area contributed by atoms with Gasteiger partial charge < -0.3 is 89.9 Å². The molecule has 19 heteroatoms. The van der Waals surface area contributed by atoms with E-state index in [4.69, 9.17) is 28.4 Å². The van der Waals surface area contributed by atoms with E-state index >= 15 is 0 Å². The lowest BCUT2D eigenvalue weighted by atomic mass is 9.96. The summed E-state index contributed by atoms with van der Waals surface area (Å²) in [5.74, 6) is -0.302. The Morgan fingerprint density at radius 3 is 1.30 bits per heavy atom. The van der Waals surface area contributed by atoms with Crippen molar-refractivity contribution in [2.24, 2.45) is 0 Å². The summed E-state index contributed by atoms with van der Waals surface area (Å²) in [4.78, 5) is 13.3. The first-order valence-electron chi connectivity index (χ1n) is 30.6. The number of hydrogen-bond donors (Lipinski definition) is 12. The van der Waals surface area contributed by atoms with E-state index in [1.165, 1.54) is 0 Å². The van der Waals surface area contributed by atoms with Gasteiger partial charge in [0.1, 0.15) is 73.2 Å². The van der Waals surface area contributed by atoms with Gasteiger partial charge in [0.2, 0.25) is 5.91 Å². The Hall–Kier alpha value is -3.55. The number of carbonyl (C=O) groups excluding carboxylic acids is 1. The number of hydrogen-bond acceptors (Lipinski definition) is 18. The largest absolute Gasteiger partial charge is 0.394 e. The molecule has 0 bridgehead atoms. The lowest BCUT2D eigenvalue weighted by Gasteiger charge is -2.48. The lowest BCUT2D eigenvalue weighted by Crippen LogP contribution is -2.66. The van der Waals surface area contributed by atoms with Gasteiger partial charge in [0.05, 0.1) is 38.6 Å². The van der Waals surface area contributed by atoms with Gasteiger partial charge in [-0.25, -0.2) is 0 Å². The number of amides is 1. The summed E-state index contributed by atoms with van der Waals surface area (Å²) in [7, 11) is 0. The summed E-state index contributed by atoms with van der Waals surface area (Å²) in [6.45, 7) is 1.48. The van der Waals surface area contributed by atoms with Crippen molar-refractivity contribution in [1.29, 1.82) is 0 Å². The van der Waals surface area contributed by atoms with Gasteiger partial charge in [-0.05, 0) is 83.5 Å². The van der Waals surface area contributed by atoms with Crippen LogP contribution in [0.2, 0.25) is 0 Å². The lowest BCUT2D eigenvalue weighted by molar-refractivity contribution is -0.379. The Balaban J connectivity index is 1.38. The van der Waals surface area contributed by atoms with Gasteiger partial charge in [-0.1, -0.05) is 175 Å². The monoisotopic (exact) mass is 1180 g/mol. The summed E-state index contributed by atoms with van der Waals surface area (Å²) < 4.78 is 34.1.